The minimum Gasteiger partial charge on any atom is -0.478 e. The second-order valence-corrected chi connectivity index (χ2v) is 5.12. The molecule has 4 heteroatoms. The van der Waals surface area contributed by atoms with Gasteiger partial charge < -0.3 is 10.4 Å². The Labute approximate surface area is 129 Å². The van der Waals surface area contributed by atoms with Gasteiger partial charge in [0, 0.05) is 17.3 Å². The van der Waals surface area contributed by atoms with Crippen LogP contribution in [0.5, 0.6) is 0 Å². The molecule has 112 valence electrons. The molecule has 0 saturated heterocycles. The molecule has 22 heavy (non-hydrogen) atoms. The van der Waals surface area contributed by atoms with E-state index in [0.717, 1.165) is 22.8 Å². The van der Waals surface area contributed by atoms with Gasteiger partial charge in [0.1, 0.15) is 0 Å². The van der Waals surface area contributed by atoms with Crippen molar-refractivity contribution in [1.82, 2.24) is 0 Å². The number of carboxylic acids is 1. The van der Waals surface area contributed by atoms with Crippen LogP contribution < -0.4 is 5.32 Å². The van der Waals surface area contributed by atoms with Gasteiger partial charge in [0.15, 0.2) is 0 Å². The smallest absolute Gasteiger partial charge is 0.328 e. The highest BCUT2D eigenvalue weighted by molar-refractivity contribution is 6.04. The van der Waals surface area contributed by atoms with Crippen LogP contribution in [0.3, 0.4) is 0 Å². The Morgan fingerprint density at radius 2 is 1.59 bits per heavy atom. The van der Waals surface area contributed by atoms with E-state index in [0.29, 0.717) is 11.3 Å². The van der Waals surface area contributed by atoms with Crippen LogP contribution in [0.15, 0.2) is 48.5 Å². The Hall–Kier alpha value is -2.88. The fourth-order valence-corrected chi connectivity index (χ4v) is 2.15. The van der Waals surface area contributed by atoms with Crippen LogP contribution in [0.25, 0.3) is 6.08 Å². The summed E-state index contributed by atoms with van der Waals surface area (Å²) in [6.07, 6.45) is 2.57. The molecule has 0 aliphatic carbocycles. The zero-order chi connectivity index (χ0) is 16.1. The van der Waals surface area contributed by atoms with Crippen LogP contribution in [-0.4, -0.2) is 17.0 Å². The third-order valence-electron chi connectivity index (χ3n) is 3.07. The molecule has 0 atom stereocenters. The molecule has 2 aromatic carbocycles. The predicted molar refractivity (Wildman–Crippen MR) is 87.0 cm³/mol. The van der Waals surface area contributed by atoms with E-state index in [2.05, 4.69) is 5.32 Å². The number of carbonyl (C=O) groups is 2. The summed E-state index contributed by atoms with van der Waals surface area (Å²) >= 11 is 0. The maximum atomic E-state index is 12.2. The van der Waals surface area contributed by atoms with E-state index < -0.39 is 5.97 Å². The molecule has 0 bridgehead atoms. The molecule has 0 heterocycles. The summed E-state index contributed by atoms with van der Waals surface area (Å²) in [5.41, 5.74) is 4.12. The van der Waals surface area contributed by atoms with E-state index >= 15 is 0 Å². The number of carboxylic acid groups (broad SMARTS) is 1. The van der Waals surface area contributed by atoms with Crippen molar-refractivity contribution in [3.8, 4) is 0 Å². The molecular formula is C18H17NO3. The number of carbonyl (C=O) groups excluding carboxylic acids is 1. The standard InChI is InChI=1S/C18H17NO3/c1-12-9-13(2)11-15(10-12)18(22)19-16-6-3-14(4-7-16)5-8-17(20)21/h3-11H,1-2H3,(H,19,22)(H,20,21)/b8-5+. The zero-order valence-corrected chi connectivity index (χ0v) is 12.5. The van der Waals surface area contributed by atoms with E-state index in [4.69, 9.17) is 5.11 Å². The second-order valence-electron chi connectivity index (χ2n) is 5.12. The highest BCUT2D eigenvalue weighted by Gasteiger charge is 2.07. The van der Waals surface area contributed by atoms with Crippen molar-refractivity contribution in [2.75, 3.05) is 5.32 Å². The van der Waals surface area contributed by atoms with Crippen molar-refractivity contribution < 1.29 is 14.7 Å². The summed E-state index contributed by atoms with van der Waals surface area (Å²) in [5.74, 6) is -1.16. The minimum atomic E-state index is -0.993. The van der Waals surface area contributed by atoms with Crippen LogP contribution in [-0.2, 0) is 4.79 Å². The molecule has 0 radical (unpaired) electrons. The van der Waals surface area contributed by atoms with Gasteiger partial charge in [0.05, 0.1) is 0 Å². The van der Waals surface area contributed by atoms with Gasteiger partial charge in [-0.3, -0.25) is 4.79 Å². The maximum Gasteiger partial charge on any atom is 0.328 e. The number of anilines is 1. The van der Waals surface area contributed by atoms with E-state index in [9.17, 15) is 9.59 Å². The van der Waals surface area contributed by atoms with Gasteiger partial charge in [-0.2, -0.15) is 0 Å². The highest BCUT2D eigenvalue weighted by atomic mass is 16.4. The summed E-state index contributed by atoms with van der Waals surface area (Å²) in [5, 5.41) is 11.4. The number of aliphatic carboxylic acids is 1. The highest BCUT2D eigenvalue weighted by Crippen LogP contribution is 2.14. The van der Waals surface area contributed by atoms with Crippen molar-refractivity contribution in [2.24, 2.45) is 0 Å². The number of nitrogens with one attached hydrogen (secondary N) is 1. The molecule has 0 unspecified atom stereocenters. The Kier molecular flexibility index (Phi) is 4.73. The molecule has 2 N–H and O–H groups in total. The van der Waals surface area contributed by atoms with E-state index in [-0.39, 0.29) is 5.91 Å². The van der Waals surface area contributed by atoms with Crippen molar-refractivity contribution in [3.05, 3.63) is 70.8 Å². The molecule has 0 fully saturated rings. The SMILES string of the molecule is Cc1cc(C)cc(C(=O)Nc2ccc(/C=C/C(=O)O)cc2)c1. The van der Waals surface area contributed by atoms with Crippen LogP contribution >= 0.6 is 0 Å². The van der Waals surface area contributed by atoms with Gasteiger partial charge in [0.25, 0.3) is 5.91 Å². The second kappa shape index (κ2) is 6.72. The molecule has 4 nitrogen and oxygen atoms in total. The number of aryl methyl sites for hydroxylation is 2. The van der Waals surface area contributed by atoms with Gasteiger partial charge in [0.2, 0.25) is 0 Å². The Bertz CT molecular complexity index is 710. The minimum absolute atomic E-state index is 0.166. The molecule has 0 aliphatic heterocycles. The third kappa shape index (κ3) is 4.31. The summed E-state index contributed by atoms with van der Waals surface area (Å²) in [4.78, 5) is 22.7. The lowest BCUT2D eigenvalue weighted by molar-refractivity contribution is -0.131. The first kappa shape index (κ1) is 15.5. The fraction of sp³-hybridized carbons (Fsp3) is 0.111. The van der Waals surface area contributed by atoms with E-state index in [1.165, 1.54) is 6.08 Å². The Balaban J connectivity index is 2.10. The Morgan fingerprint density at radius 3 is 2.14 bits per heavy atom. The molecular weight excluding hydrogens is 278 g/mol. The van der Waals surface area contributed by atoms with Crippen molar-refractivity contribution in [1.29, 1.82) is 0 Å². The zero-order valence-electron chi connectivity index (χ0n) is 12.5. The van der Waals surface area contributed by atoms with Crippen LogP contribution in [0.2, 0.25) is 0 Å². The monoisotopic (exact) mass is 295 g/mol. The van der Waals surface area contributed by atoms with E-state index in [1.54, 1.807) is 24.3 Å². The van der Waals surface area contributed by atoms with Crippen LogP contribution in [0.1, 0.15) is 27.0 Å². The van der Waals surface area contributed by atoms with Crippen LogP contribution in [0, 0.1) is 13.8 Å². The number of amides is 1. The summed E-state index contributed by atoms with van der Waals surface area (Å²) in [7, 11) is 0. The number of benzene rings is 2. The molecule has 0 aromatic heterocycles. The predicted octanol–water partition coefficient (Wildman–Crippen LogP) is 3.65. The van der Waals surface area contributed by atoms with Gasteiger partial charge in [-0.15, -0.1) is 0 Å². The van der Waals surface area contributed by atoms with Gasteiger partial charge in [-0.25, -0.2) is 4.79 Å². The Morgan fingerprint density at radius 1 is 1.00 bits per heavy atom. The fourth-order valence-electron chi connectivity index (χ4n) is 2.15. The number of hydrogen-bond donors (Lipinski definition) is 2. The molecule has 0 saturated carbocycles. The lowest BCUT2D eigenvalue weighted by atomic mass is 10.1. The molecule has 0 aliphatic rings. The summed E-state index contributed by atoms with van der Waals surface area (Å²) in [6.45, 7) is 3.90. The summed E-state index contributed by atoms with van der Waals surface area (Å²) in [6, 6.07) is 12.7. The normalized spacial score (nSPS) is 10.6. The molecule has 2 aromatic rings. The number of hydrogen-bond acceptors (Lipinski definition) is 2. The third-order valence-corrected chi connectivity index (χ3v) is 3.07. The average Bonchev–Trinajstić information content (AvgIpc) is 2.45. The van der Waals surface area contributed by atoms with Crippen molar-refractivity contribution >= 4 is 23.6 Å². The lowest BCUT2D eigenvalue weighted by Gasteiger charge is -2.07. The molecule has 1 amide bonds. The van der Waals surface area contributed by atoms with Crippen molar-refractivity contribution in [2.45, 2.75) is 13.8 Å². The van der Waals surface area contributed by atoms with Gasteiger partial charge in [-0.05, 0) is 49.8 Å². The van der Waals surface area contributed by atoms with Crippen molar-refractivity contribution in [3.63, 3.8) is 0 Å². The largest absolute Gasteiger partial charge is 0.478 e. The van der Waals surface area contributed by atoms with Gasteiger partial charge >= 0.3 is 5.97 Å². The molecule has 2 rings (SSSR count). The first-order valence-corrected chi connectivity index (χ1v) is 6.85. The van der Waals surface area contributed by atoms with Gasteiger partial charge in [-0.1, -0.05) is 29.3 Å². The maximum absolute atomic E-state index is 12.2. The average molecular weight is 295 g/mol. The molecule has 0 spiro atoms. The van der Waals surface area contributed by atoms with E-state index in [1.807, 2.05) is 32.0 Å². The first-order valence-electron chi connectivity index (χ1n) is 6.85. The number of rotatable bonds is 4. The topological polar surface area (TPSA) is 66.4 Å². The quantitative estimate of drug-likeness (QED) is 0.846. The first-order chi connectivity index (χ1) is 10.4. The summed E-state index contributed by atoms with van der Waals surface area (Å²) < 4.78 is 0. The van der Waals surface area contributed by atoms with Crippen LogP contribution in [0.4, 0.5) is 5.69 Å². The lowest BCUT2D eigenvalue weighted by Crippen LogP contribution is -2.12.